The molecule has 2 heterocycles. The van der Waals surface area contributed by atoms with Crippen LogP contribution in [0.15, 0.2) is 97.1 Å². The van der Waals surface area contributed by atoms with Gasteiger partial charge in [-0.1, -0.05) is 78.9 Å². The predicted octanol–water partition coefficient (Wildman–Crippen LogP) is 4.93. The van der Waals surface area contributed by atoms with Gasteiger partial charge in [-0.25, -0.2) is 0 Å². The minimum absolute atomic E-state index is 0.0616. The Kier molecular flexibility index (Phi) is 5.38. The van der Waals surface area contributed by atoms with E-state index in [2.05, 4.69) is 0 Å². The number of aliphatic hydroxyl groups is 1. The summed E-state index contributed by atoms with van der Waals surface area (Å²) in [6, 6.07) is 29.1. The van der Waals surface area contributed by atoms with Gasteiger partial charge >= 0.3 is 0 Å². The van der Waals surface area contributed by atoms with Gasteiger partial charge in [0.2, 0.25) is 5.60 Å². The lowest BCUT2D eigenvalue weighted by Gasteiger charge is -2.31. The van der Waals surface area contributed by atoms with Crippen LogP contribution >= 0.6 is 0 Å². The fraction of sp³-hybridized carbons (Fsp3) is 0.167. The van der Waals surface area contributed by atoms with Crippen molar-refractivity contribution < 1.29 is 24.5 Å². The number of carbonyl (C=O) groups is 1. The van der Waals surface area contributed by atoms with Crippen molar-refractivity contribution in [3.05, 3.63) is 119 Å². The molecule has 6 nitrogen and oxygen atoms in total. The number of fused-ring (bicyclic) bond motifs is 2. The molecule has 0 spiro atoms. The number of ether oxygens (including phenoxy) is 2. The van der Waals surface area contributed by atoms with Gasteiger partial charge in [0.15, 0.2) is 11.5 Å². The molecule has 2 aliphatic heterocycles. The van der Waals surface area contributed by atoms with Gasteiger partial charge in [-0.05, 0) is 23.3 Å². The summed E-state index contributed by atoms with van der Waals surface area (Å²) in [4.78, 5) is 16.0. The highest BCUT2D eigenvalue weighted by molar-refractivity contribution is 6.10. The second-order valence-corrected chi connectivity index (χ2v) is 8.99. The molecule has 2 N–H and O–H groups in total. The van der Waals surface area contributed by atoms with Crippen LogP contribution in [0, 0.1) is 0 Å². The number of phenols is 1. The van der Waals surface area contributed by atoms with Crippen LogP contribution in [0.25, 0.3) is 0 Å². The van der Waals surface area contributed by atoms with E-state index in [-0.39, 0.29) is 11.3 Å². The molecule has 0 aliphatic carbocycles. The maximum atomic E-state index is 14.4. The van der Waals surface area contributed by atoms with E-state index in [0.29, 0.717) is 42.4 Å². The van der Waals surface area contributed by atoms with Crippen LogP contribution in [0.2, 0.25) is 0 Å². The molecule has 0 bridgehead atoms. The summed E-state index contributed by atoms with van der Waals surface area (Å²) in [6.07, 6.45) is 0.695. The molecule has 0 aromatic heterocycles. The number of hydrogen-bond donors (Lipinski definition) is 2. The molecule has 0 saturated heterocycles. The second-order valence-electron chi connectivity index (χ2n) is 8.99. The maximum absolute atomic E-state index is 14.4. The largest absolute Gasteiger partial charge is 0.507 e. The van der Waals surface area contributed by atoms with Crippen molar-refractivity contribution in [1.29, 1.82) is 0 Å². The van der Waals surface area contributed by atoms with Crippen molar-refractivity contribution in [3.8, 4) is 17.2 Å². The molecule has 2 aliphatic rings. The van der Waals surface area contributed by atoms with E-state index in [9.17, 15) is 15.0 Å². The Morgan fingerprint density at radius 3 is 1.94 bits per heavy atom. The zero-order valence-electron chi connectivity index (χ0n) is 19.5. The van der Waals surface area contributed by atoms with Crippen LogP contribution < -0.4 is 14.4 Å². The van der Waals surface area contributed by atoms with E-state index in [4.69, 9.17) is 9.47 Å². The van der Waals surface area contributed by atoms with E-state index in [1.807, 2.05) is 72.8 Å². The lowest BCUT2D eigenvalue weighted by Crippen LogP contribution is -2.43. The average molecular weight is 480 g/mol. The number of aromatic hydroxyl groups is 1. The van der Waals surface area contributed by atoms with Gasteiger partial charge in [0.05, 0.1) is 24.9 Å². The molecule has 4 aromatic carbocycles. The van der Waals surface area contributed by atoms with Gasteiger partial charge in [0.25, 0.3) is 5.91 Å². The highest BCUT2D eigenvalue weighted by Gasteiger charge is 2.54. The highest BCUT2D eigenvalue weighted by atomic mass is 16.5. The third-order valence-electron chi connectivity index (χ3n) is 6.83. The first-order valence-electron chi connectivity index (χ1n) is 12.0. The lowest BCUT2D eigenvalue weighted by molar-refractivity contribution is -0.132. The Morgan fingerprint density at radius 1 is 0.750 bits per heavy atom. The van der Waals surface area contributed by atoms with Gasteiger partial charge in [-0.15, -0.1) is 0 Å². The topological polar surface area (TPSA) is 79.2 Å². The van der Waals surface area contributed by atoms with E-state index >= 15 is 0 Å². The minimum atomic E-state index is -2.12. The Morgan fingerprint density at radius 2 is 1.31 bits per heavy atom. The molecule has 1 atom stereocenters. The zero-order valence-corrected chi connectivity index (χ0v) is 19.5. The monoisotopic (exact) mass is 479 g/mol. The van der Waals surface area contributed by atoms with Gasteiger partial charge in [-0.3, -0.25) is 9.69 Å². The minimum Gasteiger partial charge on any atom is -0.507 e. The number of anilines is 1. The molecule has 0 fully saturated rings. The molecular formula is C30H25NO5. The van der Waals surface area contributed by atoms with Gasteiger partial charge in [-0.2, -0.15) is 0 Å². The summed E-state index contributed by atoms with van der Waals surface area (Å²) in [5.41, 5.74) is 0.725. The molecule has 6 rings (SSSR count). The summed E-state index contributed by atoms with van der Waals surface area (Å²) >= 11 is 0. The smallest absolute Gasteiger partial charge is 0.269 e. The molecule has 0 radical (unpaired) electrons. The number of phenolic OH excluding ortho intramolecular Hbond substituents is 1. The van der Waals surface area contributed by atoms with Crippen molar-refractivity contribution >= 4 is 11.6 Å². The van der Waals surface area contributed by atoms with E-state index < -0.39 is 17.6 Å². The first-order chi connectivity index (χ1) is 17.6. The average Bonchev–Trinajstić information content (AvgIpc) is 3.05. The second kappa shape index (κ2) is 8.73. The quantitative estimate of drug-likeness (QED) is 0.434. The number of rotatable bonds is 4. The van der Waals surface area contributed by atoms with Crippen molar-refractivity contribution in [1.82, 2.24) is 0 Å². The summed E-state index contributed by atoms with van der Waals surface area (Å²) < 4.78 is 11.5. The summed E-state index contributed by atoms with van der Waals surface area (Å²) in [7, 11) is 0. The first-order valence-corrected chi connectivity index (χ1v) is 12.0. The summed E-state index contributed by atoms with van der Waals surface area (Å²) in [6.45, 7) is 0.901. The fourth-order valence-corrected chi connectivity index (χ4v) is 5.15. The molecule has 0 saturated carbocycles. The normalized spacial score (nSPS) is 18.7. The van der Waals surface area contributed by atoms with E-state index in [1.54, 1.807) is 17.0 Å². The lowest BCUT2D eigenvalue weighted by atomic mass is 9.86. The molecular weight excluding hydrogens is 454 g/mol. The van der Waals surface area contributed by atoms with Crippen LogP contribution in [0.5, 0.6) is 17.2 Å². The van der Waals surface area contributed by atoms with Crippen molar-refractivity contribution in [2.45, 2.75) is 18.1 Å². The van der Waals surface area contributed by atoms with Crippen LogP contribution in [-0.4, -0.2) is 29.3 Å². The Labute approximate surface area is 209 Å². The van der Waals surface area contributed by atoms with Crippen LogP contribution in [0.4, 0.5) is 5.69 Å². The Hall–Kier alpha value is -4.29. The Bertz CT molecular complexity index is 1380. The Balaban J connectivity index is 1.55. The SMILES string of the molecule is O=C1N(C(c2ccccc2)c2ccccc2)c2ccccc2C1(O)c1cc2c(cc1O)OCCCO2. The molecule has 6 heteroatoms. The number of benzene rings is 4. The number of amides is 1. The molecule has 36 heavy (non-hydrogen) atoms. The fourth-order valence-electron chi connectivity index (χ4n) is 5.15. The maximum Gasteiger partial charge on any atom is 0.269 e. The van der Waals surface area contributed by atoms with E-state index in [1.165, 1.54) is 12.1 Å². The standard InChI is InChI=1S/C30H25NO5/c32-25-19-27-26(35-16-9-17-36-27)18-23(25)30(34)22-14-7-8-15-24(22)31(29(30)33)28(20-10-3-1-4-11-20)21-12-5-2-6-13-21/h1-8,10-15,18-19,28,32,34H,9,16-17H2. The van der Waals surface area contributed by atoms with Gasteiger partial charge in [0.1, 0.15) is 5.75 Å². The van der Waals surface area contributed by atoms with Crippen LogP contribution in [-0.2, 0) is 10.4 Å². The van der Waals surface area contributed by atoms with Crippen molar-refractivity contribution in [2.24, 2.45) is 0 Å². The molecule has 4 aromatic rings. The van der Waals surface area contributed by atoms with Gasteiger partial charge in [0, 0.05) is 23.6 Å². The number of hydrogen-bond acceptors (Lipinski definition) is 5. The zero-order chi connectivity index (χ0) is 24.7. The van der Waals surface area contributed by atoms with Crippen LogP contribution in [0.1, 0.15) is 34.7 Å². The van der Waals surface area contributed by atoms with Gasteiger partial charge < -0.3 is 19.7 Å². The van der Waals surface area contributed by atoms with Crippen LogP contribution in [0.3, 0.4) is 0 Å². The van der Waals surface area contributed by atoms with Crippen molar-refractivity contribution in [2.75, 3.05) is 18.1 Å². The number of nitrogens with zero attached hydrogens (tertiary/aromatic N) is 1. The highest BCUT2D eigenvalue weighted by Crippen LogP contribution is 2.52. The number of para-hydroxylation sites is 1. The molecule has 180 valence electrons. The van der Waals surface area contributed by atoms with Crippen molar-refractivity contribution in [3.63, 3.8) is 0 Å². The molecule has 1 unspecified atom stereocenters. The third kappa shape index (κ3) is 3.41. The third-order valence-corrected chi connectivity index (χ3v) is 6.83. The summed E-state index contributed by atoms with van der Waals surface area (Å²) in [5, 5.41) is 23.2. The predicted molar refractivity (Wildman–Crippen MR) is 135 cm³/mol. The first kappa shape index (κ1) is 22.2. The number of carbonyl (C=O) groups excluding carboxylic acids is 1. The molecule has 1 amide bonds. The summed E-state index contributed by atoms with van der Waals surface area (Å²) in [5.74, 6) is -0.00608. The van der Waals surface area contributed by atoms with E-state index in [0.717, 1.165) is 11.1 Å².